The summed E-state index contributed by atoms with van der Waals surface area (Å²) in [5.41, 5.74) is 0.541. The third-order valence-corrected chi connectivity index (χ3v) is 4.02. The lowest BCUT2D eigenvalue weighted by molar-refractivity contribution is 0.181. The summed E-state index contributed by atoms with van der Waals surface area (Å²) in [6.07, 6.45) is -0.340. The molecule has 1 unspecified atom stereocenters. The molecule has 0 radical (unpaired) electrons. The van der Waals surface area contributed by atoms with Crippen molar-refractivity contribution in [3.8, 4) is 0 Å². The quantitative estimate of drug-likeness (QED) is 0.911. The molecule has 0 aliphatic heterocycles. The van der Waals surface area contributed by atoms with Crippen LogP contribution < -0.4 is 0 Å². The molecule has 0 fully saturated rings. The summed E-state index contributed by atoms with van der Waals surface area (Å²) in [5.74, 6) is -0.267. The molecule has 0 aliphatic rings. The zero-order valence-corrected chi connectivity index (χ0v) is 10.8. The Labute approximate surface area is 106 Å². The smallest absolute Gasteiger partial charge is 0.126 e. The highest BCUT2D eigenvalue weighted by Crippen LogP contribution is 2.29. The van der Waals surface area contributed by atoms with Crippen molar-refractivity contribution in [2.75, 3.05) is 0 Å². The van der Waals surface area contributed by atoms with Crippen LogP contribution in [0.15, 0.2) is 40.2 Å². The van der Waals surface area contributed by atoms with Gasteiger partial charge in [-0.15, -0.1) is 11.3 Å². The second kappa shape index (κ2) is 5.08. The number of rotatable bonds is 3. The van der Waals surface area contributed by atoms with Crippen LogP contribution in [0, 0.1) is 5.82 Å². The van der Waals surface area contributed by atoms with Crippen LogP contribution in [0.3, 0.4) is 0 Å². The molecule has 2 rings (SSSR count). The van der Waals surface area contributed by atoms with E-state index in [1.165, 1.54) is 17.4 Å². The molecule has 1 aromatic carbocycles. The first kappa shape index (κ1) is 11.8. The summed E-state index contributed by atoms with van der Waals surface area (Å²) in [5, 5.41) is 9.93. The van der Waals surface area contributed by atoms with Crippen LogP contribution in [0.5, 0.6) is 0 Å². The second-order valence-electron chi connectivity index (χ2n) is 3.45. The van der Waals surface area contributed by atoms with Gasteiger partial charge in [0.05, 0.1) is 9.89 Å². The van der Waals surface area contributed by atoms with E-state index in [1.807, 2.05) is 12.1 Å². The van der Waals surface area contributed by atoms with Gasteiger partial charge < -0.3 is 5.11 Å². The van der Waals surface area contributed by atoms with Gasteiger partial charge in [0.25, 0.3) is 0 Å². The Balaban J connectivity index is 2.13. The summed E-state index contributed by atoms with van der Waals surface area (Å²) < 4.78 is 14.3. The first-order valence-corrected chi connectivity index (χ1v) is 6.44. The molecular formula is C12H10BrFOS. The number of aliphatic hydroxyl groups is 1. The zero-order valence-electron chi connectivity index (χ0n) is 8.36. The van der Waals surface area contributed by atoms with E-state index in [1.54, 1.807) is 18.2 Å². The van der Waals surface area contributed by atoms with Gasteiger partial charge in [0.1, 0.15) is 5.82 Å². The summed E-state index contributed by atoms with van der Waals surface area (Å²) >= 11 is 4.80. The van der Waals surface area contributed by atoms with E-state index in [0.717, 1.165) is 8.66 Å². The Kier molecular flexibility index (Phi) is 3.74. The van der Waals surface area contributed by atoms with E-state index in [2.05, 4.69) is 15.9 Å². The Hall–Kier alpha value is -0.710. The van der Waals surface area contributed by atoms with E-state index >= 15 is 0 Å². The second-order valence-corrected chi connectivity index (χ2v) is 5.95. The standard InChI is InChI=1S/C12H10BrFOS/c13-12-6-5-11(16-12)10(15)7-8-3-1-2-4-9(8)14/h1-6,10,15H,7H2. The molecule has 1 aromatic heterocycles. The molecule has 1 N–H and O–H groups in total. The van der Waals surface area contributed by atoms with Gasteiger partial charge in [0.15, 0.2) is 0 Å². The first-order chi connectivity index (χ1) is 7.66. The van der Waals surface area contributed by atoms with Gasteiger partial charge in [-0.25, -0.2) is 4.39 Å². The van der Waals surface area contributed by atoms with Crippen LogP contribution >= 0.6 is 27.3 Å². The van der Waals surface area contributed by atoms with Crippen LogP contribution in [0.4, 0.5) is 4.39 Å². The lowest BCUT2D eigenvalue weighted by Gasteiger charge is -2.08. The van der Waals surface area contributed by atoms with Crippen molar-refractivity contribution in [1.82, 2.24) is 0 Å². The number of benzene rings is 1. The fraction of sp³-hybridized carbons (Fsp3) is 0.167. The number of halogens is 2. The molecule has 0 bridgehead atoms. The number of hydrogen-bond donors (Lipinski definition) is 1. The minimum Gasteiger partial charge on any atom is -0.387 e. The van der Waals surface area contributed by atoms with Crippen molar-refractivity contribution in [2.45, 2.75) is 12.5 Å². The number of hydrogen-bond acceptors (Lipinski definition) is 2. The van der Waals surface area contributed by atoms with Crippen LogP contribution in [-0.4, -0.2) is 5.11 Å². The van der Waals surface area contributed by atoms with Crippen molar-refractivity contribution < 1.29 is 9.50 Å². The predicted molar refractivity (Wildman–Crippen MR) is 67.1 cm³/mol. The normalized spacial score (nSPS) is 12.7. The maximum atomic E-state index is 13.4. The summed E-state index contributed by atoms with van der Waals surface area (Å²) in [6, 6.07) is 10.3. The van der Waals surface area contributed by atoms with Gasteiger partial charge in [-0.3, -0.25) is 0 Å². The van der Waals surface area contributed by atoms with Crippen LogP contribution in [0.1, 0.15) is 16.5 Å². The van der Waals surface area contributed by atoms with Crippen LogP contribution in [0.2, 0.25) is 0 Å². The summed E-state index contributed by atoms with van der Waals surface area (Å²) in [4.78, 5) is 0.843. The molecule has 2 aromatic rings. The van der Waals surface area contributed by atoms with Crippen molar-refractivity contribution in [3.05, 3.63) is 56.4 Å². The Morgan fingerprint density at radius 2 is 2.00 bits per heavy atom. The SMILES string of the molecule is OC(Cc1ccccc1F)c1ccc(Br)s1. The molecule has 0 amide bonds. The van der Waals surface area contributed by atoms with Crippen LogP contribution in [-0.2, 0) is 6.42 Å². The molecule has 1 atom stereocenters. The highest BCUT2D eigenvalue weighted by Gasteiger charge is 2.12. The lowest BCUT2D eigenvalue weighted by atomic mass is 10.1. The van der Waals surface area contributed by atoms with Crippen molar-refractivity contribution in [2.24, 2.45) is 0 Å². The maximum Gasteiger partial charge on any atom is 0.126 e. The van der Waals surface area contributed by atoms with Gasteiger partial charge in [-0.05, 0) is 39.7 Å². The van der Waals surface area contributed by atoms with E-state index in [4.69, 9.17) is 0 Å². The molecule has 16 heavy (non-hydrogen) atoms. The predicted octanol–water partition coefficient (Wildman–Crippen LogP) is 3.93. The molecule has 0 saturated carbocycles. The first-order valence-electron chi connectivity index (χ1n) is 4.83. The Morgan fingerprint density at radius 1 is 1.25 bits per heavy atom. The van der Waals surface area contributed by atoms with Crippen molar-refractivity contribution in [1.29, 1.82) is 0 Å². The number of aliphatic hydroxyl groups excluding tert-OH is 1. The lowest BCUT2D eigenvalue weighted by Crippen LogP contribution is -2.01. The van der Waals surface area contributed by atoms with E-state index in [0.29, 0.717) is 12.0 Å². The maximum absolute atomic E-state index is 13.4. The Morgan fingerprint density at radius 3 is 2.62 bits per heavy atom. The molecule has 84 valence electrons. The minimum atomic E-state index is -0.645. The van der Waals surface area contributed by atoms with Gasteiger partial charge in [-0.1, -0.05) is 18.2 Å². The fourth-order valence-electron chi connectivity index (χ4n) is 1.48. The summed E-state index contributed by atoms with van der Waals surface area (Å²) in [6.45, 7) is 0. The fourth-order valence-corrected chi connectivity index (χ4v) is 2.89. The third-order valence-electron chi connectivity index (χ3n) is 2.29. The average Bonchev–Trinajstić information content (AvgIpc) is 2.68. The van der Waals surface area contributed by atoms with E-state index in [9.17, 15) is 9.50 Å². The van der Waals surface area contributed by atoms with Gasteiger partial charge in [-0.2, -0.15) is 0 Å². The molecule has 0 spiro atoms. The largest absolute Gasteiger partial charge is 0.387 e. The monoisotopic (exact) mass is 300 g/mol. The van der Waals surface area contributed by atoms with E-state index in [-0.39, 0.29) is 5.82 Å². The Bertz CT molecular complexity index is 483. The molecule has 1 heterocycles. The molecule has 0 saturated heterocycles. The highest BCUT2D eigenvalue weighted by molar-refractivity contribution is 9.11. The van der Waals surface area contributed by atoms with E-state index < -0.39 is 6.10 Å². The highest BCUT2D eigenvalue weighted by atomic mass is 79.9. The zero-order chi connectivity index (χ0) is 11.5. The topological polar surface area (TPSA) is 20.2 Å². The average molecular weight is 301 g/mol. The van der Waals surface area contributed by atoms with Gasteiger partial charge >= 0.3 is 0 Å². The molecule has 1 nitrogen and oxygen atoms in total. The van der Waals surface area contributed by atoms with Gasteiger partial charge in [0, 0.05) is 11.3 Å². The molecule has 0 aliphatic carbocycles. The minimum absolute atomic E-state index is 0.267. The number of thiophene rings is 1. The van der Waals surface area contributed by atoms with Gasteiger partial charge in [0.2, 0.25) is 0 Å². The van der Waals surface area contributed by atoms with Crippen molar-refractivity contribution >= 4 is 27.3 Å². The summed E-state index contributed by atoms with van der Waals surface area (Å²) in [7, 11) is 0. The molecule has 4 heteroatoms. The van der Waals surface area contributed by atoms with Crippen molar-refractivity contribution in [3.63, 3.8) is 0 Å². The third kappa shape index (κ3) is 2.70. The van der Waals surface area contributed by atoms with Crippen LogP contribution in [0.25, 0.3) is 0 Å². The molecular weight excluding hydrogens is 291 g/mol.